The fourth-order valence-electron chi connectivity index (χ4n) is 4.45. The van der Waals surface area contributed by atoms with Crippen LogP contribution in [0, 0.1) is 0 Å². The number of nitrogens with zero attached hydrogens (tertiary/aromatic N) is 1. The van der Waals surface area contributed by atoms with Crippen molar-refractivity contribution >= 4 is 45.5 Å². The number of ketones is 1. The molecule has 4 aromatic rings. The van der Waals surface area contributed by atoms with E-state index in [9.17, 15) is 19.5 Å². The summed E-state index contributed by atoms with van der Waals surface area (Å²) in [6.07, 6.45) is 0. The molecular formula is C29H22N2O4. The number of aliphatic hydroxyl groups is 1. The molecule has 1 atom stereocenters. The maximum Gasteiger partial charge on any atom is 0.300 e. The molecule has 35 heavy (non-hydrogen) atoms. The molecule has 172 valence electrons. The third-order valence-electron chi connectivity index (χ3n) is 6.05. The van der Waals surface area contributed by atoms with Crippen LogP contribution in [0.3, 0.4) is 0 Å². The molecule has 6 heteroatoms. The monoisotopic (exact) mass is 462 g/mol. The highest BCUT2D eigenvalue weighted by Gasteiger charge is 2.46. The second-order valence-electron chi connectivity index (χ2n) is 8.37. The number of carbonyl (C=O) groups excluding carboxylic acids is 3. The van der Waals surface area contributed by atoms with Crippen molar-refractivity contribution in [3.05, 3.63) is 114 Å². The van der Waals surface area contributed by atoms with Gasteiger partial charge in [-0.1, -0.05) is 66.7 Å². The van der Waals surface area contributed by atoms with Crippen molar-refractivity contribution in [2.45, 2.75) is 13.0 Å². The number of rotatable bonds is 4. The molecule has 2 N–H and O–H groups in total. The number of amides is 2. The topological polar surface area (TPSA) is 86.7 Å². The molecule has 0 radical (unpaired) electrons. The number of fused-ring (bicyclic) bond motifs is 1. The first-order chi connectivity index (χ1) is 16.9. The van der Waals surface area contributed by atoms with Gasteiger partial charge in [-0.25, -0.2) is 0 Å². The second-order valence-corrected chi connectivity index (χ2v) is 8.37. The van der Waals surface area contributed by atoms with Gasteiger partial charge in [-0.3, -0.25) is 19.3 Å². The summed E-state index contributed by atoms with van der Waals surface area (Å²) in [5.41, 5.74) is 2.24. The molecule has 1 aliphatic rings. The number of anilines is 2. The van der Waals surface area contributed by atoms with E-state index in [2.05, 4.69) is 5.32 Å². The Morgan fingerprint density at radius 3 is 2.17 bits per heavy atom. The largest absolute Gasteiger partial charge is 0.507 e. The molecule has 0 aromatic heterocycles. The Bertz CT molecular complexity index is 1490. The van der Waals surface area contributed by atoms with Crippen molar-refractivity contribution in [1.29, 1.82) is 0 Å². The third-order valence-corrected chi connectivity index (χ3v) is 6.05. The van der Waals surface area contributed by atoms with Crippen molar-refractivity contribution in [2.75, 3.05) is 10.2 Å². The first-order valence-corrected chi connectivity index (χ1v) is 11.2. The third kappa shape index (κ3) is 4.06. The molecule has 1 saturated heterocycles. The average Bonchev–Trinajstić information content (AvgIpc) is 3.14. The van der Waals surface area contributed by atoms with Crippen LogP contribution in [0.4, 0.5) is 11.4 Å². The van der Waals surface area contributed by atoms with Gasteiger partial charge in [0.2, 0.25) is 5.91 Å². The molecule has 0 aliphatic carbocycles. The highest BCUT2D eigenvalue weighted by Crippen LogP contribution is 2.42. The molecular weight excluding hydrogens is 440 g/mol. The molecule has 1 fully saturated rings. The molecule has 0 saturated carbocycles. The summed E-state index contributed by atoms with van der Waals surface area (Å²) >= 11 is 0. The van der Waals surface area contributed by atoms with Crippen molar-refractivity contribution in [3.8, 4) is 0 Å². The van der Waals surface area contributed by atoms with E-state index in [0.29, 0.717) is 22.5 Å². The number of nitrogens with one attached hydrogen (secondary N) is 1. The molecule has 0 bridgehead atoms. The minimum absolute atomic E-state index is 0.0300. The van der Waals surface area contributed by atoms with Gasteiger partial charge in [0.25, 0.3) is 11.7 Å². The van der Waals surface area contributed by atoms with Crippen LogP contribution in [-0.2, 0) is 14.4 Å². The van der Waals surface area contributed by atoms with E-state index in [1.807, 2.05) is 66.7 Å². The van der Waals surface area contributed by atoms with Crippen molar-refractivity contribution in [2.24, 2.45) is 0 Å². The van der Waals surface area contributed by atoms with E-state index in [1.165, 1.54) is 11.8 Å². The second kappa shape index (κ2) is 8.91. The Kier molecular flexibility index (Phi) is 5.63. The van der Waals surface area contributed by atoms with E-state index < -0.39 is 17.7 Å². The molecule has 2 amide bonds. The van der Waals surface area contributed by atoms with Crippen LogP contribution >= 0.6 is 0 Å². The van der Waals surface area contributed by atoms with E-state index in [-0.39, 0.29) is 17.2 Å². The fourth-order valence-corrected chi connectivity index (χ4v) is 4.45. The van der Waals surface area contributed by atoms with Gasteiger partial charge < -0.3 is 10.4 Å². The van der Waals surface area contributed by atoms with Gasteiger partial charge in [-0.05, 0) is 46.7 Å². The van der Waals surface area contributed by atoms with Crippen molar-refractivity contribution in [3.63, 3.8) is 0 Å². The summed E-state index contributed by atoms with van der Waals surface area (Å²) in [4.78, 5) is 39.3. The number of hydrogen-bond acceptors (Lipinski definition) is 4. The number of carbonyl (C=O) groups is 3. The first kappa shape index (κ1) is 22.1. The predicted molar refractivity (Wildman–Crippen MR) is 136 cm³/mol. The highest BCUT2D eigenvalue weighted by molar-refractivity contribution is 6.51. The van der Waals surface area contributed by atoms with Crippen molar-refractivity contribution in [1.82, 2.24) is 0 Å². The Morgan fingerprint density at radius 2 is 1.49 bits per heavy atom. The molecule has 1 unspecified atom stereocenters. The Hall–Kier alpha value is -4.71. The fraction of sp³-hybridized carbons (Fsp3) is 0.0690. The average molecular weight is 463 g/mol. The lowest BCUT2D eigenvalue weighted by Crippen LogP contribution is -2.29. The zero-order valence-corrected chi connectivity index (χ0v) is 18.9. The van der Waals surface area contributed by atoms with Crippen LogP contribution in [0.5, 0.6) is 0 Å². The van der Waals surface area contributed by atoms with Gasteiger partial charge >= 0.3 is 0 Å². The lowest BCUT2D eigenvalue weighted by Gasteiger charge is -2.25. The zero-order valence-electron chi connectivity index (χ0n) is 18.9. The van der Waals surface area contributed by atoms with Gasteiger partial charge in [0.05, 0.1) is 11.6 Å². The van der Waals surface area contributed by atoms with E-state index in [1.54, 1.807) is 30.3 Å². The molecule has 6 nitrogen and oxygen atoms in total. The SMILES string of the molecule is CC(=O)Nc1ccc(N2C(=O)C(=O)/C(=C(\O)c3ccc4ccccc4c3)C2c2ccccc2)cc1. The standard InChI is InChI=1S/C29H22N2O4/c1-18(32)30-23-13-15-24(16-14-23)31-26(20-8-3-2-4-9-20)25(28(34)29(31)35)27(33)22-12-11-19-7-5-6-10-21(19)17-22/h2-17,26,33H,1H3,(H,30,32)/b27-25-. The summed E-state index contributed by atoms with van der Waals surface area (Å²) in [6, 6.07) is 28.2. The smallest absolute Gasteiger partial charge is 0.300 e. The predicted octanol–water partition coefficient (Wildman–Crippen LogP) is 5.42. The van der Waals surface area contributed by atoms with Crippen LogP contribution in [-0.4, -0.2) is 22.7 Å². The minimum Gasteiger partial charge on any atom is -0.507 e. The van der Waals surface area contributed by atoms with Gasteiger partial charge in [-0.15, -0.1) is 0 Å². The summed E-state index contributed by atoms with van der Waals surface area (Å²) < 4.78 is 0. The van der Waals surface area contributed by atoms with Crippen LogP contribution in [0.2, 0.25) is 0 Å². The van der Waals surface area contributed by atoms with Crippen molar-refractivity contribution < 1.29 is 19.5 Å². The van der Waals surface area contributed by atoms with Crippen LogP contribution in [0.15, 0.2) is 103 Å². The van der Waals surface area contributed by atoms with Gasteiger partial charge in [0.15, 0.2) is 0 Å². The Labute approximate surface area is 202 Å². The highest BCUT2D eigenvalue weighted by atomic mass is 16.3. The summed E-state index contributed by atoms with van der Waals surface area (Å²) in [5, 5.41) is 15.9. The number of benzene rings is 4. The summed E-state index contributed by atoms with van der Waals surface area (Å²) in [7, 11) is 0. The molecule has 1 aliphatic heterocycles. The first-order valence-electron chi connectivity index (χ1n) is 11.2. The molecule has 1 heterocycles. The van der Waals surface area contributed by atoms with Gasteiger partial charge in [0, 0.05) is 23.9 Å². The summed E-state index contributed by atoms with van der Waals surface area (Å²) in [6.45, 7) is 1.41. The van der Waals surface area contributed by atoms with E-state index >= 15 is 0 Å². The van der Waals surface area contributed by atoms with Crippen LogP contribution in [0.25, 0.3) is 16.5 Å². The van der Waals surface area contributed by atoms with Crippen LogP contribution in [0.1, 0.15) is 24.1 Å². The number of Topliss-reactive ketones (excluding diaryl/α,β-unsaturated/α-hetero) is 1. The molecule has 4 aromatic carbocycles. The quantitative estimate of drug-likeness (QED) is 0.241. The van der Waals surface area contributed by atoms with Gasteiger partial charge in [-0.2, -0.15) is 0 Å². The lowest BCUT2D eigenvalue weighted by atomic mass is 9.94. The molecule has 0 spiro atoms. The number of aliphatic hydroxyl groups excluding tert-OH is 1. The maximum absolute atomic E-state index is 13.3. The minimum atomic E-state index is -0.811. The normalized spacial score (nSPS) is 17.1. The lowest BCUT2D eigenvalue weighted by molar-refractivity contribution is -0.132. The molecule has 5 rings (SSSR count). The van der Waals surface area contributed by atoms with E-state index in [0.717, 1.165) is 10.8 Å². The zero-order chi connectivity index (χ0) is 24.5. The Morgan fingerprint density at radius 1 is 0.829 bits per heavy atom. The van der Waals surface area contributed by atoms with E-state index in [4.69, 9.17) is 0 Å². The van der Waals surface area contributed by atoms with Gasteiger partial charge in [0.1, 0.15) is 5.76 Å². The Balaban J connectivity index is 1.66. The summed E-state index contributed by atoms with van der Waals surface area (Å²) in [5.74, 6) is -1.91. The maximum atomic E-state index is 13.3. The van der Waals surface area contributed by atoms with Crippen LogP contribution < -0.4 is 10.2 Å². The number of hydrogen-bond donors (Lipinski definition) is 2.